The summed E-state index contributed by atoms with van der Waals surface area (Å²) < 4.78 is 0. The summed E-state index contributed by atoms with van der Waals surface area (Å²) in [5.74, 6) is 0.187. The lowest BCUT2D eigenvalue weighted by atomic mass is 9.87. The molecular weight excluding hydrogens is 196 g/mol. The molecule has 0 unspecified atom stereocenters. The lowest BCUT2D eigenvalue weighted by Crippen LogP contribution is -2.08. The number of allylic oxidation sites excluding steroid dienone is 1. The Balaban J connectivity index is 2.45. The van der Waals surface area contributed by atoms with Crippen molar-refractivity contribution < 1.29 is 4.79 Å². The number of rotatable bonds is 1. The molecule has 78 valence electrons. The van der Waals surface area contributed by atoms with Crippen molar-refractivity contribution in [2.24, 2.45) is 0 Å². The summed E-state index contributed by atoms with van der Waals surface area (Å²) >= 11 is 0. The van der Waals surface area contributed by atoms with Gasteiger partial charge in [0.25, 0.3) is 0 Å². The van der Waals surface area contributed by atoms with E-state index in [4.69, 9.17) is 0 Å². The molecule has 0 amide bonds. The van der Waals surface area contributed by atoms with Crippen molar-refractivity contribution in [3.8, 4) is 0 Å². The Morgan fingerprint density at radius 2 is 1.81 bits per heavy atom. The fourth-order valence-corrected chi connectivity index (χ4v) is 2.37. The number of ketones is 1. The Hall–Kier alpha value is -1.89. The second kappa shape index (κ2) is 3.31. The molecule has 1 heteroatoms. The zero-order valence-electron chi connectivity index (χ0n) is 9.16. The van der Waals surface area contributed by atoms with Crippen LogP contribution in [0.5, 0.6) is 0 Å². The van der Waals surface area contributed by atoms with E-state index in [1.807, 2.05) is 31.2 Å². The summed E-state index contributed by atoms with van der Waals surface area (Å²) in [5.41, 5.74) is 2.93. The van der Waals surface area contributed by atoms with Crippen molar-refractivity contribution in [1.82, 2.24) is 0 Å². The minimum absolute atomic E-state index is 0.187. The maximum absolute atomic E-state index is 12.2. The van der Waals surface area contributed by atoms with Crippen molar-refractivity contribution in [3.05, 3.63) is 53.1 Å². The predicted octanol–water partition coefficient (Wildman–Crippen LogP) is 3.83. The topological polar surface area (TPSA) is 17.1 Å². The SMILES string of the molecule is CCC1=Cc2cccc3cccc(c23)C1=O. The van der Waals surface area contributed by atoms with Crippen LogP contribution in [0, 0.1) is 0 Å². The average Bonchev–Trinajstić information content (AvgIpc) is 2.33. The lowest BCUT2D eigenvalue weighted by molar-refractivity contribution is 0.103. The van der Waals surface area contributed by atoms with Crippen molar-refractivity contribution in [1.29, 1.82) is 0 Å². The van der Waals surface area contributed by atoms with E-state index in [1.165, 1.54) is 5.56 Å². The van der Waals surface area contributed by atoms with Gasteiger partial charge < -0.3 is 0 Å². The molecule has 2 aromatic rings. The third-order valence-corrected chi connectivity index (χ3v) is 3.18. The molecule has 1 nitrogen and oxygen atoms in total. The summed E-state index contributed by atoms with van der Waals surface area (Å²) in [6, 6.07) is 12.1. The van der Waals surface area contributed by atoms with Gasteiger partial charge in [-0.2, -0.15) is 0 Å². The van der Waals surface area contributed by atoms with E-state index in [0.29, 0.717) is 0 Å². The van der Waals surface area contributed by atoms with Crippen molar-refractivity contribution in [3.63, 3.8) is 0 Å². The first-order valence-corrected chi connectivity index (χ1v) is 5.58. The van der Waals surface area contributed by atoms with Crippen LogP contribution in [0.25, 0.3) is 16.8 Å². The quantitative estimate of drug-likeness (QED) is 0.696. The monoisotopic (exact) mass is 208 g/mol. The van der Waals surface area contributed by atoms with Crippen LogP contribution in [0.15, 0.2) is 42.0 Å². The maximum Gasteiger partial charge on any atom is 0.189 e. The number of carbonyl (C=O) groups excluding carboxylic acids is 1. The van der Waals surface area contributed by atoms with Gasteiger partial charge in [-0.3, -0.25) is 4.79 Å². The first-order valence-electron chi connectivity index (χ1n) is 5.58. The molecule has 1 aliphatic rings. The van der Waals surface area contributed by atoms with Crippen molar-refractivity contribution in [2.45, 2.75) is 13.3 Å². The molecule has 3 rings (SSSR count). The Kier molecular flexibility index (Phi) is 1.93. The van der Waals surface area contributed by atoms with Crippen LogP contribution >= 0.6 is 0 Å². The van der Waals surface area contributed by atoms with Gasteiger partial charge in [0.2, 0.25) is 0 Å². The molecule has 0 aromatic heterocycles. The summed E-state index contributed by atoms with van der Waals surface area (Å²) in [4.78, 5) is 12.2. The molecule has 16 heavy (non-hydrogen) atoms. The number of hydrogen-bond donors (Lipinski definition) is 0. The Bertz CT molecular complexity index is 615. The molecule has 0 saturated heterocycles. The highest BCUT2D eigenvalue weighted by Crippen LogP contribution is 2.31. The fourth-order valence-electron chi connectivity index (χ4n) is 2.37. The van der Waals surface area contributed by atoms with E-state index in [0.717, 1.165) is 28.3 Å². The molecule has 0 aliphatic heterocycles. The van der Waals surface area contributed by atoms with Crippen molar-refractivity contribution in [2.75, 3.05) is 0 Å². The third kappa shape index (κ3) is 1.15. The molecule has 0 spiro atoms. The first kappa shape index (κ1) is 9.34. The van der Waals surface area contributed by atoms with Gasteiger partial charge in [-0.25, -0.2) is 0 Å². The third-order valence-electron chi connectivity index (χ3n) is 3.18. The summed E-state index contributed by atoms with van der Waals surface area (Å²) in [7, 11) is 0. The molecule has 0 saturated carbocycles. The van der Waals surface area contributed by atoms with Gasteiger partial charge in [-0.15, -0.1) is 0 Å². The highest BCUT2D eigenvalue weighted by Gasteiger charge is 2.19. The Morgan fingerprint density at radius 3 is 2.56 bits per heavy atom. The fraction of sp³-hybridized carbons (Fsp3) is 0.133. The average molecular weight is 208 g/mol. The Labute approximate surface area is 94.4 Å². The molecule has 1 aliphatic carbocycles. The van der Waals surface area contributed by atoms with E-state index in [9.17, 15) is 4.79 Å². The summed E-state index contributed by atoms with van der Waals surface area (Å²) in [6.45, 7) is 2.03. The standard InChI is InChI=1S/C15H12O/c1-2-10-9-12-7-3-5-11-6-4-8-13(14(11)12)15(10)16/h3-9H,2H2,1H3. The molecular formula is C15H12O. The highest BCUT2D eigenvalue weighted by molar-refractivity contribution is 6.22. The molecule has 0 fully saturated rings. The van der Waals surface area contributed by atoms with Gasteiger partial charge in [0.05, 0.1) is 0 Å². The van der Waals surface area contributed by atoms with Gasteiger partial charge >= 0.3 is 0 Å². The van der Waals surface area contributed by atoms with Crippen LogP contribution in [0.2, 0.25) is 0 Å². The largest absolute Gasteiger partial charge is 0.289 e. The lowest BCUT2D eigenvalue weighted by Gasteiger charge is -2.15. The van der Waals surface area contributed by atoms with Gasteiger partial charge in [0.1, 0.15) is 0 Å². The van der Waals surface area contributed by atoms with E-state index in [1.54, 1.807) is 0 Å². The van der Waals surface area contributed by atoms with Crippen LogP contribution in [0.3, 0.4) is 0 Å². The predicted molar refractivity (Wildman–Crippen MR) is 66.5 cm³/mol. The number of Topliss-reactive ketones (excluding diaryl/α,β-unsaturated/α-hetero) is 1. The number of carbonyl (C=O) groups is 1. The van der Waals surface area contributed by atoms with Crippen LogP contribution in [-0.2, 0) is 0 Å². The number of hydrogen-bond acceptors (Lipinski definition) is 1. The van der Waals surface area contributed by atoms with Gasteiger partial charge in [-0.1, -0.05) is 43.3 Å². The second-order valence-electron chi connectivity index (χ2n) is 4.10. The molecule has 0 heterocycles. The van der Waals surface area contributed by atoms with Gasteiger partial charge in [0, 0.05) is 16.5 Å². The minimum atomic E-state index is 0.187. The minimum Gasteiger partial charge on any atom is -0.289 e. The van der Waals surface area contributed by atoms with Crippen LogP contribution in [0.1, 0.15) is 29.3 Å². The zero-order valence-corrected chi connectivity index (χ0v) is 9.16. The normalized spacial score (nSPS) is 14.1. The van der Waals surface area contributed by atoms with E-state index >= 15 is 0 Å². The van der Waals surface area contributed by atoms with E-state index < -0.39 is 0 Å². The zero-order chi connectivity index (χ0) is 11.1. The second-order valence-corrected chi connectivity index (χ2v) is 4.10. The van der Waals surface area contributed by atoms with Crippen molar-refractivity contribution >= 4 is 22.6 Å². The van der Waals surface area contributed by atoms with E-state index in [-0.39, 0.29) is 5.78 Å². The smallest absolute Gasteiger partial charge is 0.189 e. The summed E-state index contributed by atoms with van der Waals surface area (Å²) in [6.07, 6.45) is 2.82. The molecule has 2 aromatic carbocycles. The first-order chi connectivity index (χ1) is 7.81. The van der Waals surface area contributed by atoms with Gasteiger partial charge in [-0.05, 0) is 23.4 Å². The van der Waals surface area contributed by atoms with Crippen LogP contribution < -0.4 is 0 Å². The van der Waals surface area contributed by atoms with Gasteiger partial charge in [0.15, 0.2) is 5.78 Å². The van der Waals surface area contributed by atoms with E-state index in [2.05, 4.69) is 18.2 Å². The van der Waals surface area contributed by atoms with Crippen LogP contribution in [-0.4, -0.2) is 5.78 Å². The maximum atomic E-state index is 12.2. The molecule has 0 N–H and O–H groups in total. The van der Waals surface area contributed by atoms with Crippen LogP contribution in [0.4, 0.5) is 0 Å². The number of benzene rings is 2. The molecule has 0 atom stereocenters. The Morgan fingerprint density at radius 1 is 1.06 bits per heavy atom. The highest BCUT2D eigenvalue weighted by atomic mass is 16.1. The summed E-state index contributed by atoms with van der Waals surface area (Å²) in [5, 5.41) is 2.25. The molecule has 0 bridgehead atoms. The molecule has 0 radical (unpaired) electrons.